The summed E-state index contributed by atoms with van der Waals surface area (Å²) >= 11 is 0. The molecule has 0 fully saturated rings. The highest BCUT2D eigenvalue weighted by molar-refractivity contribution is 5.33. The van der Waals surface area contributed by atoms with Crippen molar-refractivity contribution in [3.05, 3.63) is 71.8 Å². The average Bonchev–Trinajstić information content (AvgIpc) is 2.39. The van der Waals surface area contributed by atoms with Gasteiger partial charge >= 0.3 is 0 Å². The van der Waals surface area contributed by atoms with Gasteiger partial charge in [-0.3, -0.25) is 0 Å². The number of rotatable bonds is 2. The SMILES string of the molecule is CN(C#Cc1ccccc1)Cc1ccccc1. The third-order valence-corrected chi connectivity index (χ3v) is 2.43. The van der Waals surface area contributed by atoms with Crippen molar-refractivity contribution in [3.63, 3.8) is 0 Å². The first-order valence-electron chi connectivity index (χ1n) is 5.66. The Balaban J connectivity index is 1.99. The normalized spacial score (nSPS) is 9.24. The highest BCUT2D eigenvalue weighted by Gasteiger charge is 1.93. The zero-order valence-corrected chi connectivity index (χ0v) is 9.93. The quantitative estimate of drug-likeness (QED) is 0.556. The predicted molar refractivity (Wildman–Crippen MR) is 71.2 cm³/mol. The van der Waals surface area contributed by atoms with Gasteiger partial charge in [0.1, 0.15) is 0 Å². The van der Waals surface area contributed by atoms with Crippen molar-refractivity contribution < 1.29 is 0 Å². The highest BCUT2D eigenvalue weighted by atomic mass is 15.1. The van der Waals surface area contributed by atoms with Crippen molar-refractivity contribution in [2.75, 3.05) is 7.05 Å². The van der Waals surface area contributed by atoms with Crippen molar-refractivity contribution in [1.82, 2.24) is 4.90 Å². The number of hydrogen-bond acceptors (Lipinski definition) is 1. The van der Waals surface area contributed by atoms with E-state index < -0.39 is 0 Å². The fourth-order valence-corrected chi connectivity index (χ4v) is 1.58. The molecule has 0 unspecified atom stereocenters. The summed E-state index contributed by atoms with van der Waals surface area (Å²) in [4.78, 5) is 2.00. The molecule has 0 heterocycles. The molecule has 84 valence electrons. The fraction of sp³-hybridized carbons (Fsp3) is 0.125. The van der Waals surface area contributed by atoms with Crippen LogP contribution in [0.5, 0.6) is 0 Å². The molecule has 0 radical (unpaired) electrons. The third kappa shape index (κ3) is 3.70. The lowest BCUT2D eigenvalue weighted by Gasteiger charge is -2.10. The minimum atomic E-state index is 0.848. The number of nitrogens with zero attached hydrogens (tertiary/aromatic N) is 1. The van der Waals surface area contributed by atoms with Gasteiger partial charge in [0.25, 0.3) is 0 Å². The molecule has 2 aromatic rings. The van der Waals surface area contributed by atoms with Crippen LogP contribution in [-0.4, -0.2) is 11.9 Å². The maximum absolute atomic E-state index is 3.14. The molecule has 1 nitrogen and oxygen atoms in total. The summed E-state index contributed by atoms with van der Waals surface area (Å²) < 4.78 is 0. The van der Waals surface area contributed by atoms with Gasteiger partial charge in [0.15, 0.2) is 0 Å². The summed E-state index contributed by atoms with van der Waals surface area (Å²) in [5.41, 5.74) is 2.32. The lowest BCUT2D eigenvalue weighted by Crippen LogP contribution is -2.10. The van der Waals surface area contributed by atoms with Crippen LogP contribution in [0.4, 0.5) is 0 Å². The smallest absolute Gasteiger partial charge is 0.0507 e. The molecule has 1 heteroatoms. The minimum Gasteiger partial charge on any atom is -0.331 e. The summed E-state index contributed by atoms with van der Waals surface area (Å²) in [5, 5.41) is 0. The standard InChI is InChI=1S/C16H15N/c1-17(14-16-10-6-3-7-11-16)13-12-15-8-4-2-5-9-15/h2-11H,14H2,1H3. The van der Waals surface area contributed by atoms with Crippen molar-refractivity contribution in [2.24, 2.45) is 0 Å². The van der Waals surface area contributed by atoms with E-state index in [1.165, 1.54) is 5.56 Å². The Morgan fingerprint density at radius 3 is 2.12 bits per heavy atom. The van der Waals surface area contributed by atoms with E-state index in [9.17, 15) is 0 Å². The molecular weight excluding hydrogens is 206 g/mol. The Morgan fingerprint density at radius 2 is 1.47 bits per heavy atom. The first-order chi connectivity index (χ1) is 8.34. The van der Waals surface area contributed by atoms with Gasteiger partial charge in [0, 0.05) is 18.7 Å². The monoisotopic (exact) mass is 221 g/mol. The van der Waals surface area contributed by atoms with Crippen LogP contribution in [0.15, 0.2) is 60.7 Å². The van der Waals surface area contributed by atoms with Crippen LogP contribution in [0.3, 0.4) is 0 Å². The zero-order chi connectivity index (χ0) is 11.9. The van der Waals surface area contributed by atoms with E-state index >= 15 is 0 Å². The summed E-state index contributed by atoms with van der Waals surface area (Å²) in [7, 11) is 2.00. The molecule has 0 aliphatic heterocycles. The van der Waals surface area contributed by atoms with Gasteiger partial charge in [0.2, 0.25) is 0 Å². The molecule has 17 heavy (non-hydrogen) atoms. The largest absolute Gasteiger partial charge is 0.331 e. The van der Waals surface area contributed by atoms with Crippen molar-refractivity contribution in [1.29, 1.82) is 0 Å². The summed E-state index contributed by atoms with van der Waals surface area (Å²) in [5.74, 6) is 3.14. The summed E-state index contributed by atoms with van der Waals surface area (Å²) in [6, 6.07) is 23.5. The van der Waals surface area contributed by atoms with Gasteiger partial charge in [0.05, 0.1) is 6.54 Å². The fourth-order valence-electron chi connectivity index (χ4n) is 1.58. The first-order valence-corrected chi connectivity index (χ1v) is 5.66. The van der Waals surface area contributed by atoms with Crippen molar-refractivity contribution in [2.45, 2.75) is 6.54 Å². The van der Waals surface area contributed by atoms with E-state index in [0.717, 1.165) is 12.1 Å². The Kier molecular flexibility index (Phi) is 3.83. The van der Waals surface area contributed by atoms with Crippen LogP contribution < -0.4 is 0 Å². The molecule has 0 spiro atoms. The molecular formula is C16H15N. The van der Waals surface area contributed by atoms with E-state index in [4.69, 9.17) is 0 Å². The summed E-state index contributed by atoms with van der Waals surface area (Å²) in [6.07, 6.45) is 0. The molecule has 0 aromatic heterocycles. The van der Waals surface area contributed by atoms with Gasteiger partial charge in [-0.05, 0) is 23.6 Å². The first kappa shape index (κ1) is 11.3. The van der Waals surface area contributed by atoms with Crippen LogP contribution in [-0.2, 0) is 6.54 Å². The number of benzene rings is 2. The van der Waals surface area contributed by atoms with E-state index in [-0.39, 0.29) is 0 Å². The van der Waals surface area contributed by atoms with E-state index in [1.807, 2.05) is 60.5 Å². The second kappa shape index (κ2) is 5.77. The van der Waals surface area contributed by atoms with E-state index in [1.54, 1.807) is 0 Å². The Labute approximate surface area is 103 Å². The maximum Gasteiger partial charge on any atom is 0.0507 e. The topological polar surface area (TPSA) is 3.24 Å². The maximum atomic E-state index is 3.14. The van der Waals surface area contributed by atoms with Crippen LogP contribution in [0.1, 0.15) is 11.1 Å². The Hall–Kier alpha value is -2.20. The number of hydrogen-bond donors (Lipinski definition) is 0. The van der Waals surface area contributed by atoms with Crippen molar-refractivity contribution in [3.8, 4) is 12.0 Å². The van der Waals surface area contributed by atoms with Gasteiger partial charge < -0.3 is 4.90 Å². The average molecular weight is 221 g/mol. The highest BCUT2D eigenvalue weighted by Crippen LogP contribution is 2.01. The van der Waals surface area contributed by atoms with Gasteiger partial charge in [-0.2, -0.15) is 0 Å². The van der Waals surface area contributed by atoms with Crippen LogP contribution >= 0.6 is 0 Å². The molecule has 0 amide bonds. The second-order valence-electron chi connectivity index (χ2n) is 3.94. The Morgan fingerprint density at radius 1 is 0.882 bits per heavy atom. The van der Waals surface area contributed by atoms with Crippen LogP contribution in [0.25, 0.3) is 0 Å². The summed E-state index contributed by atoms with van der Waals surface area (Å²) in [6.45, 7) is 0.848. The molecule has 0 bridgehead atoms. The lowest BCUT2D eigenvalue weighted by atomic mass is 10.2. The lowest BCUT2D eigenvalue weighted by molar-refractivity contribution is 0.478. The molecule has 0 N–H and O–H groups in total. The van der Waals surface area contributed by atoms with Crippen LogP contribution in [0, 0.1) is 12.0 Å². The van der Waals surface area contributed by atoms with Gasteiger partial charge in [-0.1, -0.05) is 48.5 Å². The molecule has 0 atom stereocenters. The Bertz CT molecular complexity index is 505. The third-order valence-electron chi connectivity index (χ3n) is 2.43. The zero-order valence-electron chi connectivity index (χ0n) is 9.93. The van der Waals surface area contributed by atoms with Crippen molar-refractivity contribution >= 4 is 0 Å². The van der Waals surface area contributed by atoms with E-state index in [2.05, 4.69) is 24.1 Å². The molecule has 2 rings (SSSR count). The van der Waals surface area contributed by atoms with Crippen LogP contribution in [0.2, 0.25) is 0 Å². The van der Waals surface area contributed by atoms with Gasteiger partial charge in [-0.25, -0.2) is 0 Å². The molecule has 2 aromatic carbocycles. The molecule has 0 aliphatic carbocycles. The van der Waals surface area contributed by atoms with Gasteiger partial charge in [-0.15, -0.1) is 0 Å². The second-order valence-corrected chi connectivity index (χ2v) is 3.94. The molecule has 0 saturated carbocycles. The van der Waals surface area contributed by atoms with E-state index in [0.29, 0.717) is 0 Å². The molecule has 0 aliphatic rings. The minimum absolute atomic E-state index is 0.848. The molecule has 0 saturated heterocycles. The predicted octanol–water partition coefficient (Wildman–Crippen LogP) is 3.13.